The molecule has 0 bridgehead atoms. The Morgan fingerprint density at radius 2 is 1.64 bits per heavy atom. The molecule has 0 aliphatic heterocycles. The summed E-state index contributed by atoms with van der Waals surface area (Å²) in [6, 6.07) is 15.7. The Labute approximate surface area is 165 Å². The van der Waals surface area contributed by atoms with Crippen LogP contribution in [0.1, 0.15) is 49.2 Å². The van der Waals surface area contributed by atoms with Gasteiger partial charge in [0, 0.05) is 0 Å². The molecule has 0 heterocycles. The minimum atomic E-state index is -0.667. The largest absolute Gasteiger partial charge is 0.462 e. The molecule has 0 unspecified atom stereocenters. The first kappa shape index (κ1) is 20.9. The average Bonchev–Trinajstić information content (AvgIpc) is 2.67. The van der Waals surface area contributed by atoms with Gasteiger partial charge in [-0.3, -0.25) is 0 Å². The van der Waals surface area contributed by atoms with Gasteiger partial charge in [0.2, 0.25) is 0 Å². The van der Waals surface area contributed by atoms with Crippen LogP contribution in [0, 0.1) is 11.3 Å². The monoisotopic (exact) mass is 377 g/mol. The fourth-order valence-electron chi connectivity index (χ4n) is 2.42. The van der Waals surface area contributed by atoms with Gasteiger partial charge in [-0.05, 0) is 53.8 Å². The summed E-state index contributed by atoms with van der Waals surface area (Å²) in [5, 5.41) is 9.07. The Morgan fingerprint density at radius 1 is 1.04 bits per heavy atom. The lowest BCUT2D eigenvalue weighted by Crippen LogP contribution is -2.12. The maximum atomic E-state index is 12.3. The third-order valence-electron chi connectivity index (χ3n) is 4.00. The molecule has 0 atom stereocenters. The van der Waals surface area contributed by atoms with E-state index in [9.17, 15) is 9.59 Å². The van der Waals surface area contributed by atoms with E-state index in [1.165, 1.54) is 6.08 Å². The minimum Gasteiger partial charge on any atom is -0.462 e. The van der Waals surface area contributed by atoms with E-state index in [0.29, 0.717) is 16.9 Å². The van der Waals surface area contributed by atoms with Gasteiger partial charge < -0.3 is 9.47 Å². The standard InChI is InChI=1S/C23H23NO4/c1-5-27-21(25)18(15-24)14-16-6-12-20(13-7-16)28-22(26)17-8-10-19(11-9-17)23(2,3)4/h6-14H,5H2,1-4H3/b18-14-. The van der Waals surface area contributed by atoms with Gasteiger partial charge in [0.15, 0.2) is 0 Å². The normalized spacial score (nSPS) is 11.5. The molecule has 0 aliphatic carbocycles. The molecular formula is C23H23NO4. The lowest BCUT2D eigenvalue weighted by Gasteiger charge is -2.18. The number of hydrogen-bond donors (Lipinski definition) is 0. The van der Waals surface area contributed by atoms with Crippen LogP contribution in [0.15, 0.2) is 54.1 Å². The first-order valence-corrected chi connectivity index (χ1v) is 8.96. The molecule has 5 heteroatoms. The molecule has 0 N–H and O–H groups in total. The van der Waals surface area contributed by atoms with Gasteiger partial charge in [0.1, 0.15) is 17.4 Å². The van der Waals surface area contributed by atoms with Gasteiger partial charge in [-0.1, -0.05) is 45.0 Å². The van der Waals surface area contributed by atoms with Gasteiger partial charge in [-0.25, -0.2) is 9.59 Å². The van der Waals surface area contributed by atoms with Gasteiger partial charge in [-0.15, -0.1) is 0 Å². The average molecular weight is 377 g/mol. The number of hydrogen-bond acceptors (Lipinski definition) is 5. The molecule has 5 nitrogen and oxygen atoms in total. The molecule has 2 rings (SSSR count). The number of carbonyl (C=O) groups excluding carboxylic acids is 2. The molecule has 0 saturated heterocycles. The topological polar surface area (TPSA) is 76.4 Å². The number of carbonyl (C=O) groups is 2. The van der Waals surface area contributed by atoms with E-state index in [0.717, 1.165) is 5.56 Å². The molecule has 0 aliphatic rings. The van der Waals surface area contributed by atoms with Crippen molar-refractivity contribution in [1.82, 2.24) is 0 Å². The van der Waals surface area contributed by atoms with Crippen molar-refractivity contribution in [3.05, 3.63) is 70.8 Å². The maximum Gasteiger partial charge on any atom is 0.348 e. The maximum absolute atomic E-state index is 12.3. The van der Waals surface area contributed by atoms with Crippen LogP contribution < -0.4 is 4.74 Å². The number of nitriles is 1. The van der Waals surface area contributed by atoms with Crippen LogP contribution in [0.2, 0.25) is 0 Å². The molecular weight excluding hydrogens is 354 g/mol. The third-order valence-corrected chi connectivity index (χ3v) is 4.00. The van der Waals surface area contributed by atoms with Gasteiger partial charge in [-0.2, -0.15) is 5.26 Å². The molecule has 2 aromatic rings. The summed E-state index contributed by atoms with van der Waals surface area (Å²) in [5.41, 5.74) is 2.14. The van der Waals surface area contributed by atoms with Gasteiger partial charge in [0.05, 0.1) is 12.2 Å². The third kappa shape index (κ3) is 5.55. The molecule has 0 amide bonds. The van der Waals surface area contributed by atoms with Gasteiger partial charge in [0.25, 0.3) is 0 Å². The summed E-state index contributed by atoms with van der Waals surface area (Å²) in [6.07, 6.45) is 1.43. The van der Waals surface area contributed by atoms with Crippen molar-refractivity contribution in [2.45, 2.75) is 33.1 Å². The van der Waals surface area contributed by atoms with E-state index < -0.39 is 11.9 Å². The Kier molecular flexibility index (Phi) is 6.73. The molecule has 144 valence electrons. The molecule has 28 heavy (non-hydrogen) atoms. The predicted octanol–water partition coefficient (Wildman–Crippen LogP) is 4.67. The summed E-state index contributed by atoms with van der Waals surface area (Å²) in [6.45, 7) is 8.19. The van der Waals surface area contributed by atoms with E-state index in [4.69, 9.17) is 14.7 Å². The lowest BCUT2D eigenvalue weighted by atomic mass is 9.87. The van der Waals surface area contributed by atoms with E-state index in [-0.39, 0.29) is 17.6 Å². The van der Waals surface area contributed by atoms with E-state index in [1.54, 1.807) is 43.3 Å². The van der Waals surface area contributed by atoms with Crippen molar-refractivity contribution in [3.8, 4) is 11.8 Å². The highest BCUT2D eigenvalue weighted by Gasteiger charge is 2.15. The smallest absolute Gasteiger partial charge is 0.348 e. The first-order valence-electron chi connectivity index (χ1n) is 8.96. The zero-order valence-corrected chi connectivity index (χ0v) is 16.5. The molecule has 0 aromatic heterocycles. The van der Waals surface area contributed by atoms with E-state index >= 15 is 0 Å². The van der Waals surface area contributed by atoms with Crippen LogP contribution in [0.5, 0.6) is 5.75 Å². The van der Waals surface area contributed by atoms with Crippen molar-refractivity contribution in [1.29, 1.82) is 5.26 Å². The van der Waals surface area contributed by atoms with Gasteiger partial charge >= 0.3 is 11.9 Å². The quantitative estimate of drug-likeness (QED) is 0.327. The zero-order chi connectivity index (χ0) is 20.7. The summed E-state index contributed by atoms with van der Waals surface area (Å²) in [7, 11) is 0. The SMILES string of the molecule is CCOC(=O)/C(C#N)=C\c1ccc(OC(=O)c2ccc(C(C)(C)C)cc2)cc1. The number of nitrogens with zero attached hydrogens (tertiary/aromatic N) is 1. The zero-order valence-electron chi connectivity index (χ0n) is 16.5. The Hall–Kier alpha value is -3.39. The fraction of sp³-hybridized carbons (Fsp3) is 0.261. The molecule has 0 radical (unpaired) electrons. The first-order chi connectivity index (χ1) is 13.2. The second kappa shape index (κ2) is 9.01. The Balaban J connectivity index is 2.09. The summed E-state index contributed by atoms with van der Waals surface area (Å²) >= 11 is 0. The second-order valence-electron chi connectivity index (χ2n) is 7.18. The van der Waals surface area contributed by atoms with Crippen molar-refractivity contribution >= 4 is 18.0 Å². The highest BCUT2D eigenvalue weighted by molar-refractivity contribution is 5.97. The number of rotatable bonds is 5. The molecule has 0 spiro atoms. The number of ether oxygens (including phenoxy) is 2. The van der Waals surface area contributed by atoms with Crippen LogP contribution in [-0.2, 0) is 14.9 Å². The Morgan fingerprint density at radius 3 is 2.14 bits per heavy atom. The lowest BCUT2D eigenvalue weighted by molar-refractivity contribution is -0.137. The number of benzene rings is 2. The van der Waals surface area contributed by atoms with Crippen LogP contribution in [0.25, 0.3) is 6.08 Å². The Bertz CT molecular complexity index is 911. The van der Waals surface area contributed by atoms with Crippen molar-refractivity contribution < 1.29 is 19.1 Å². The molecule has 0 fully saturated rings. The van der Waals surface area contributed by atoms with Crippen LogP contribution in [0.3, 0.4) is 0 Å². The van der Waals surface area contributed by atoms with Crippen molar-refractivity contribution in [3.63, 3.8) is 0 Å². The summed E-state index contributed by atoms with van der Waals surface area (Å²) in [5.74, 6) is -0.746. The molecule has 2 aromatic carbocycles. The second-order valence-corrected chi connectivity index (χ2v) is 7.18. The minimum absolute atomic E-state index is 0.0115. The van der Waals surface area contributed by atoms with Crippen LogP contribution >= 0.6 is 0 Å². The fourth-order valence-corrected chi connectivity index (χ4v) is 2.42. The van der Waals surface area contributed by atoms with Crippen LogP contribution in [-0.4, -0.2) is 18.5 Å². The van der Waals surface area contributed by atoms with E-state index in [1.807, 2.05) is 18.2 Å². The number of esters is 2. The highest BCUT2D eigenvalue weighted by atomic mass is 16.5. The van der Waals surface area contributed by atoms with Crippen molar-refractivity contribution in [2.75, 3.05) is 6.61 Å². The summed E-state index contributed by atoms with van der Waals surface area (Å²) in [4.78, 5) is 24.0. The van der Waals surface area contributed by atoms with Crippen LogP contribution in [0.4, 0.5) is 0 Å². The summed E-state index contributed by atoms with van der Waals surface area (Å²) < 4.78 is 10.2. The highest BCUT2D eigenvalue weighted by Crippen LogP contribution is 2.23. The van der Waals surface area contributed by atoms with Crippen molar-refractivity contribution in [2.24, 2.45) is 0 Å². The predicted molar refractivity (Wildman–Crippen MR) is 107 cm³/mol. The molecule has 0 saturated carbocycles. The van der Waals surface area contributed by atoms with E-state index in [2.05, 4.69) is 20.8 Å².